The van der Waals surface area contributed by atoms with Crippen LogP contribution in [0.1, 0.15) is 5.56 Å². The average Bonchev–Trinajstić information content (AvgIpc) is 2.52. The van der Waals surface area contributed by atoms with Crippen LogP contribution in [0.4, 0.5) is 5.69 Å². The summed E-state index contributed by atoms with van der Waals surface area (Å²) >= 11 is 0. The predicted octanol–water partition coefficient (Wildman–Crippen LogP) is 1.41. The number of guanidine groups is 1. The standard InChI is InChI=1S/C15H16N4O3S/c1-22-14-5-3-2-4-11(14)10-18-12-6-8-13(9-7-12)23(20,21)19-15(16)17/h2-10H,1H3,(H4,16,17,19). The smallest absolute Gasteiger partial charge is 0.285 e. The first kappa shape index (κ1) is 16.5. The van der Waals surface area contributed by atoms with Gasteiger partial charge in [0.2, 0.25) is 5.96 Å². The topological polar surface area (TPSA) is 120 Å². The third kappa shape index (κ3) is 4.30. The number of methoxy groups -OCH3 is 1. The molecule has 0 heterocycles. The molecule has 0 aromatic heterocycles. The fourth-order valence-corrected chi connectivity index (χ4v) is 2.68. The number of benzene rings is 2. The summed E-state index contributed by atoms with van der Waals surface area (Å²) in [6.45, 7) is 0. The van der Waals surface area contributed by atoms with Crippen molar-refractivity contribution >= 4 is 27.9 Å². The van der Waals surface area contributed by atoms with Crippen LogP contribution in [0.15, 0.2) is 62.8 Å². The Balaban J connectivity index is 2.24. The first-order valence-electron chi connectivity index (χ1n) is 6.55. The van der Waals surface area contributed by atoms with Gasteiger partial charge in [-0.1, -0.05) is 12.1 Å². The number of sulfonamides is 1. The first-order valence-corrected chi connectivity index (χ1v) is 7.99. The second-order valence-corrected chi connectivity index (χ2v) is 6.09. The molecule has 120 valence electrons. The zero-order valence-corrected chi connectivity index (χ0v) is 13.2. The number of nitrogens with two attached hydrogens (primary N) is 2. The van der Waals surface area contributed by atoms with Crippen molar-refractivity contribution in [3.05, 3.63) is 54.1 Å². The maximum Gasteiger partial charge on any atom is 0.285 e. The molecule has 0 saturated carbocycles. The molecule has 0 aliphatic carbocycles. The highest BCUT2D eigenvalue weighted by molar-refractivity contribution is 7.90. The van der Waals surface area contributed by atoms with E-state index in [1.54, 1.807) is 25.5 Å². The second kappa shape index (κ2) is 6.93. The van der Waals surface area contributed by atoms with Crippen LogP contribution in [0.2, 0.25) is 0 Å². The molecule has 0 amide bonds. The van der Waals surface area contributed by atoms with E-state index in [0.29, 0.717) is 11.4 Å². The Kier molecular flexibility index (Phi) is 4.97. The van der Waals surface area contributed by atoms with Crippen molar-refractivity contribution < 1.29 is 13.2 Å². The van der Waals surface area contributed by atoms with Gasteiger partial charge in [-0.05, 0) is 36.4 Å². The van der Waals surface area contributed by atoms with E-state index >= 15 is 0 Å². The van der Waals surface area contributed by atoms with Gasteiger partial charge >= 0.3 is 0 Å². The molecule has 0 fully saturated rings. The maximum absolute atomic E-state index is 11.8. The van der Waals surface area contributed by atoms with Crippen molar-refractivity contribution in [3.63, 3.8) is 0 Å². The maximum atomic E-state index is 11.8. The molecule has 0 unspecified atom stereocenters. The van der Waals surface area contributed by atoms with Crippen molar-refractivity contribution in [3.8, 4) is 5.75 Å². The highest BCUT2D eigenvalue weighted by atomic mass is 32.2. The van der Waals surface area contributed by atoms with Crippen LogP contribution in [0.25, 0.3) is 0 Å². The molecule has 2 aromatic carbocycles. The molecule has 0 spiro atoms. The van der Waals surface area contributed by atoms with Gasteiger partial charge in [0.1, 0.15) is 5.75 Å². The molecular formula is C15H16N4O3S. The minimum absolute atomic E-state index is 0.0119. The number of aliphatic imine (C=N–C) groups is 1. The molecule has 7 nitrogen and oxygen atoms in total. The summed E-state index contributed by atoms with van der Waals surface area (Å²) in [5, 5.41) is 0. The summed E-state index contributed by atoms with van der Waals surface area (Å²) in [4.78, 5) is 4.27. The molecule has 0 atom stereocenters. The van der Waals surface area contributed by atoms with Gasteiger partial charge in [0.05, 0.1) is 17.7 Å². The van der Waals surface area contributed by atoms with Crippen molar-refractivity contribution in [1.29, 1.82) is 0 Å². The summed E-state index contributed by atoms with van der Waals surface area (Å²) in [7, 11) is -2.31. The minimum atomic E-state index is -3.89. The van der Waals surface area contributed by atoms with Gasteiger partial charge in [-0.3, -0.25) is 4.99 Å². The van der Waals surface area contributed by atoms with Gasteiger partial charge in [0.15, 0.2) is 0 Å². The number of nitrogens with zero attached hydrogens (tertiary/aromatic N) is 2. The molecule has 23 heavy (non-hydrogen) atoms. The number of para-hydroxylation sites is 1. The van der Waals surface area contributed by atoms with E-state index in [4.69, 9.17) is 16.2 Å². The van der Waals surface area contributed by atoms with Gasteiger partial charge in [-0.15, -0.1) is 4.40 Å². The van der Waals surface area contributed by atoms with Crippen LogP contribution in [-0.2, 0) is 10.0 Å². The van der Waals surface area contributed by atoms with E-state index in [-0.39, 0.29) is 4.90 Å². The SMILES string of the molecule is COc1ccccc1C=Nc1ccc(S(=O)(=O)N=C(N)N)cc1. The monoisotopic (exact) mass is 332 g/mol. The molecule has 2 aromatic rings. The molecule has 8 heteroatoms. The summed E-state index contributed by atoms with van der Waals surface area (Å²) < 4.78 is 32.1. The van der Waals surface area contributed by atoms with Crippen LogP contribution in [0.3, 0.4) is 0 Å². The zero-order valence-electron chi connectivity index (χ0n) is 12.4. The highest BCUT2D eigenvalue weighted by Gasteiger charge is 2.12. The molecule has 0 bridgehead atoms. The molecule has 0 radical (unpaired) electrons. The lowest BCUT2D eigenvalue weighted by atomic mass is 10.2. The Labute approximate surface area is 134 Å². The van der Waals surface area contributed by atoms with Gasteiger partial charge in [-0.25, -0.2) is 0 Å². The van der Waals surface area contributed by atoms with Gasteiger partial charge in [0.25, 0.3) is 10.0 Å². The van der Waals surface area contributed by atoms with E-state index in [1.807, 2.05) is 24.3 Å². The molecule has 2 rings (SSSR count). The fraction of sp³-hybridized carbons (Fsp3) is 0.0667. The Morgan fingerprint density at radius 3 is 2.35 bits per heavy atom. The molecular weight excluding hydrogens is 316 g/mol. The van der Waals surface area contributed by atoms with Gasteiger partial charge < -0.3 is 16.2 Å². The first-order chi connectivity index (χ1) is 10.9. The normalized spacial score (nSPS) is 11.3. The lowest BCUT2D eigenvalue weighted by molar-refractivity contribution is 0.414. The Bertz CT molecular complexity index is 839. The second-order valence-electron chi connectivity index (χ2n) is 4.49. The van der Waals surface area contributed by atoms with Crippen LogP contribution in [-0.4, -0.2) is 27.7 Å². The number of hydrogen-bond donors (Lipinski definition) is 2. The Hall–Kier alpha value is -2.87. The third-order valence-electron chi connectivity index (χ3n) is 2.85. The van der Waals surface area contributed by atoms with Gasteiger partial charge in [-0.2, -0.15) is 8.42 Å². The van der Waals surface area contributed by atoms with E-state index in [2.05, 4.69) is 9.39 Å². The highest BCUT2D eigenvalue weighted by Crippen LogP contribution is 2.20. The fourth-order valence-electron chi connectivity index (χ4n) is 1.81. The van der Waals surface area contributed by atoms with Crippen LogP contribution < -0.4 is 16.2 Å². The Morgan fingerprint density at radius 2 is 1.74 bits per heavy atom. The summed E-state index contributed by atoms with van der Waals surface area (Å²) in [6.07, 6.45) is 1.64. The van der Waals surface area contributed by atoms with E-state index in [1.165, 1.54) is 12.1 Å². The summed E-state index contributed by atoms with van der Waals surface area (Å²) in [5.41, 5.74) is 11.6. The van der Waals surface area contributed by atoms with Crippen molar-refractivity contribution in [2.45, 2.75) is 4.90 Å². The zero-order chi connectivity index (χ0) is 16.9. The molecule has 4 N–H and O–H groups in total. The van der Waals surface area contributed by atoms with Crippen LogP contribution in [0, 0.1) is 0 Å². The summed E-state index contributed by atoms with van der Waals surface area (Å²) in [6, 6.07) is 13.3. The average molecular weight is 332 g/mol. The largest absolute Gasteiger partial charge is 0.496 e. The summed E-state index contributed by atoms with van der Waals surface area (Å²) in [5.74, 6) is 0.187. The van der Waals surface area contributed by atoms with Crippen molar-refractivity contribution in [2.24, 2.45) is 20.9 Å². The van der Waals surface area contributed by atoms with Gasteiger partial charge in [0, 0.05) is 11.8 Å². The number of hydrogen-bond acceptors (Lipinski definition) is 4. The van der Waals surface area contributed by atoms with Crippen molar-refractivity contribution in [1.82, 2.24) is 0 Å². The number of rotatable bonds is 5. The molecule has 0 aliphatic rings. The lowest BCUT2D eigenvalue weighted by Gasteiger charge is -2.03. The Morgan fingerprint density at radius 1 is 1.09 bits per heavy atom. The minimum Gasteiger partial charge on any atom is -0.496 e. The molecule has 0 aliphatic heterocycles. The van der Waals surface area contributed by atoms with Crippen LogP contribution >= 0.6 is 0 Å². The van der Waals surface area contributed by atoms with E-state index in [9.17, 15) is 8.42 Å². The molecule has 0 saturated heterocycles. The van der Waals surface area contributed by atoms with Crippen LogP contribution in [0.5, 0.6) is 5.75 Å². The predicted molar refractivity (Wildman–Crippen MR) is 89.7 cm³/mol. The number of ether oxygens (including phenoxy) is 1. The third-order valence-corrected chi connectivity index (χ3v) is 4.17. The lowest BCUT2D eigenvalue weighted by Crippen LogP contribution is -2.24. The van der Waals surface area contributed by atoms with E-state index in [0.717, 1.165) is 5.56 Å². The van der Waals surface area contributed by atoms with Crippen molar-refractivity contribution in [2.75, 3.05) is 7.11 Å². The quantitative estimate of drug-likeness (QED) is 0.633. The van der Waals surface area contributed by atoms with E-state index < -0.39 is 16.0 Å².